The molecule has 69 heavy (non-hydrogen) atoms. The Balaban J connectivity index is 1.08. The van der Waals surface area contributed by atoms with Crippen LogP contribution in [0.3, 0.4) is 0 Å². The minimum atomic E-state index is -1.30. The summed E-state index contributed by atoms with van der Waals surface area (Å²) in [6.45, 7) is 6.50. The Kier molecular flexibility index (Phi) is 17.6. The number of aliphatic hydroxyl groups excluding tert-OH is 1. The zero-order chi connectivity index (χ0) is 49.2. The summed E-state index contributed by atoms with van der Waals surface area (Å²) in [5.74, 6) is -2.95. The van der Waals surface area contributed by atoms with Gasteiger partial charge in [-0.1, -0.05) is 115 Å². The molecule has 0 radical (unpaired) electrons. The summed E-state index contributed by atoms with van der Waals surface area (Å²) in [6.07, 6.45) is -6.28. The molecule has 15 nitrogen and oxygen atoms in total. The molecule has 0 aliphatic carbocycles. The van der Waals surface area contributed by atoms with Crippen molar-refractivity contribution in [1.82, 2.24) is 10.2 Å². The van der Waals surface area contributed by atoms with E-state index in [4.69, 9.17) is 57.0 Å². The Bertz CT molecular complexity index is 2380. The quantitative estimate of drug-likeness (QED) is 0.0612. The molecule has 3 heterocycles. The molecule has 0 aromatic heterocycles. The summed E-state index contributed by atoms with van der Waals surface area (Å²) in [5.41, 5.74) is 4.35. The Labute approximate surface area is 412 Å². The zero-order valence-electron chi connectivity index (χ0n) is 39.0. The van der Waals surface area contributed by atoms with E-state index in [0.717, 1.165) is 40.3 Å². The van der Waals surface area contributed by atoms with Gasteiger partial charge in [-0.2, -0.15) is 0 Å². The first-order valence-electron chi connectivity index (χ1n) is 23.0. The number of carbonyl (C=O) groups is 4. The normalized spacial score (nSPS) is 25.7. The van der Waals surface area contributed by atoms with Crippen LogP contribution in [0.5, 0.6) is 0 Å². The van der Waals surface area contributed by atoms with Crippen LogP contribution in [-0.2, 0) is 71.1 Å². The predicted octanol–water partition coefficient (Wildman–Crippen LogP) is 6.69. The molecule has 17 heteroatoms. The summed E-state index contributed by atoms with van der Waals surface area (Å²) in [5, 5.41) is 25.4. The number of halogens is 1. The van der Waals surface area contributed by atoms with Crippen LogP contribution >= 0.6 is 23.8 Å². The smallest absolute Gasteiger partial charge is 0.303 e. The van der Waals surface area contributed by atoms with Crippen LogP contribution in [0.15, 0.2) is 103 Å². The molecule has 9 atom stereocenters. The molecule has 3 fully saturated rings. The van der Waals surface area contributed by atoms with Crippen molar-refractivity contribution in [1.29, 1.82) is 0 Å². The molecular formula is C52H59ClN2O13S. The second kappa shape index (κ2) is 23.5. The summed E-state index contributed by atoms with van der Waals surface area (Å²) < 4.78 is 42.1. The molecule has 0 spiro atoms. The lowest BCUT2D eigenvalue weighted by molar-refractivity contribution is -0.264. The number of likely N-dealkylation sites (tertiary alicyclic amines) is 1. The van der Waals surface area contributed by atoms with Gasteiger partial charge >= 0.3 is 23.9 Å². The van der Waals surface area contributed by atoms with E-state index in [2.05, 4.69) is 22.3 Å². The van der Waals surface area contributed by atoms with Crippen LogP contribution in [0.1, 0.15) is 98.7 Å². The SMILES string of the molecule is CC(=O)OC[C@H]1O[C@@H](CC(=S)NCc2ccc(C3O[C@H](CN4CCC(O)(c5ccc(Cl)cc5)CC4)[C@@H](c4ccccc4)[C@H](c4ccc(CO)cc4)O3)cc2)[C@H](OC(C)=O)[C@@H](OC(C)=O)[C@@H]1OC(C)=O. The Morgan fingerprint density at radius 2 is 1.28 bits per heavy atom. The lowest BCUT2D eigenvalue weighted by Gasteiger charge is -2.46. The van der Waals surface area contributed by atoms with E-state index in [-0.39, 0.29) is 31.7 Å². The number of rotatable bonds is 16. The maximum atomic E-state index is 12.3. The van der Waals surface area contributed by atoms with Gasteiger partial charge in [0.05, 0.1) is 29.4 Å². The average Bonchev–Trinajstić information content (AvgIpc) is 3.33. The number of hydrogen-bond donors (Lipinski definition) is 3. The average molecular weight is 988 g/mol. The van der Waals surface area contributed by atoms with Crippen LogP contribution in [-0.4, -0.2) is 107 Å². The molecule has 3 aliphatic rings. The van der Waals surface area contributed by atoms with E-state index in [0.29, 0.717) is 49.0 Å². The fourth-order valence-corrected chi connectivity index (χ4v) is 9.67. The number of thiocarbonyl (C=S) groups is 1. The lowest BCUT2D eigenvalue weighted by Crippen LogP contribution is -2.62. The summed E-state index contributed by atoms with van der Waals surface area (Å²) in [4.78, 5) is 51.3. The van der Waals surface area contributed by atoms with E-state index in [1.165, 1.54) is 20.8 Å². The van der Waals surface area contributed by atoms with Crippen LogP contribution in [0.4, 0.5) is 0 Å². The van der Waals surface area contributed by atoms with Gasteiger partial charge in [0.2, 0.25) is 0 Å². The van der Waals surface area contributed by atoms with Gasteiger partial charge in [-0.15, -0.1) is 0 Å². The third kappa shape index (κ3) is 13.5. The number of hydrogen-bond acceptors (Lipinski definition) is 15. The largest absolute Gasteiger partial charge is 0.463 e. The molecule has 0 saturated carbocycles. The van der Waals surface area contributed by atoms with Crippen molar-refractivity contribution in [2.24, 2.45) is 0 Å². The van der Waals surface area contributed by atoms with Crippen molar-refractivity contribution in [2.75, 3.05) is 26.2 Å². The molecule has 3 N–H and O–H groups in total. The minimum absolute atomic E-state index is 0.00167. The van der Waals surface area contributed by atoms with Gasteiger partial charge in [0.25, 0.3) is 0 Å². The number of nitrogens with zero attached hydrogens (tertiary/aromatic N) is 1. The number of benzene rings is 4. The number of carbonyl (C=O) groups excluding carboxylic acids is 4. The first-order chi connectivity index (χ1) is 33.1. The molecular weight excluding hydrogens is 928 g/mol. The maximum absolute atomic E-state index is 12.3. The Morgan fingerprint density at radius 1 is 0.696 bits per heavy atom. The van der Waals surface area contributed by atoms with Crippen molar-refractivity contribution in [3.8, 4) is 0 Å². The lowest BCUT2D eigenvalue weighted by atomic mass is 9.81. The summed E-state index contributed by atoms with van der Waals surface area (Å²) >= 11 is 11.9. The van der Waals surface area contributed by atoms with Crippen molar-refractivity contribution >= 4 is 52.7 Å². The number of esters is 4. The monoisotopic (exact) mass is 986 g/mol. The van der Waals surface area contributed by atoms with Gasteiger partial charge in [0, 0.05) is 76.8 Å². The minimum Gasteiger partial charge on any atom is -0.463 e. The molecule has 0 amide bonds. The van der Waals surface area contributed by atoms with Crippen molar-refractivity contribution in [3.05, 3.63) is 142 Å². The molecule has 368 valence electrons. The van der Waals surface area contributed by atoms with Gasteiger partial charge in [0.15, 0.2) is 24.6 Å². The van der Waals surface area contributed by atoms with E-state index in [1.807, 2.05) is 91.0 Å². The van der Waals surface area contributed by atoms with Gasteiger partial charge < -0.3 is 53.6 Å². The highest BCUT2D eigenvalue weighted by molar-refractivity contribution is 7.80. The number of ether oxygens (including phenoxy) is 7. The second-order valence-electron chi connectivity index (χ2n) is 17.7. The highest BCUT2D eigenvalue weighted by atomic mass is 35.5. The van der Waals surface area contributed by atoms with Crippen LogP contribution < -0.4 is 5.32 Å². The molecule has 3 saturated heterocycles. The second-order valence-corrected chi connectivity index (χ2v) is 18.6. The number of aliphatic hydroxyl groups is 2. The van der Waals surface area contributed by atoms with E-state index in [1.54, 1.807) is 0 Å². The fraction of sp³-hybridized carbons (Fsp3) is 0.442. The maximum Gasteiger partial charge on any atom is 0.303 e. The third-order valence-corrected chi connectivity index (χ3v) is 13.3. The van der Waals surface area contributed by atoms with Crippen LogP contribution in [0, 0.1) is 0 Å². The van der Waals surface area contributed by atoms with E-state index in [9.17, 15) is 29.4 Å². The predicted molar refractivity (Wildman–Crippen MR) is 256 cm³/mol. The van der Waals surface area contributed by atoms with Crippen molar-refractivity contribution in [2.45, 2.75) is 121 Å². The van der Waals surface area contributed by atoms with E-state index >= 15 is 0 Å². The third-order valence-electron chi connectivity index (χ3n) is 12.7. The molecule has 3 aliphatic heterocycles. The van der Waals surface area contributed by atoms with Crippen LogP contribution in [0.25, 0.3) is 0 Å². The standard InChI is InChI=1S/C52H59ClN2O13S/c1-31(57)62-30-44-49(64-33(3)59)50(65-34(4)60)48(63-32(2)58)42(66-44)26-45(69)54-27-35-10-16-39(17-11-35)51-67-43(28-55-24-22-52(61,23-25-55)40-18-20-41(53)21-19-40)46(37-8-6-5-7-9-37)47(68-51)38-14-12-36(29-56)13-15-38/h5-21,42-44,46-51,56,61H,22-30H2,1-4H3,(H,54,69)/t42-,43+,44+,46+,47-,48-,49+,50+,51?/m0/s1. The highest BCUT2D eigenvalue weighted by Crippen LogP contribution is 2.47. The number of nitrogens with one attached hydrogen (secondary N) is 1. The van der Waals surface area contributed by atoms with Gasteiger partial charge in [0.1, 0.15) is 18.8 Å². The highest BCUT2D eigenvalue weighted by Gasteiger charge is 2.52. The number of piperidine rings is 1. The van der Waals surface area contributed by atoms with Gasteiger partial charge in [-0.25, -0.2) is 0 Å². The Morgan fingerprint density at radius 3 is 1.87 bits per heavy atom. The first kappa shape index (κ1) is 51.5. The van der Waals surface area contributed by atoms with Crippen molar-refractivity contribution < 1.29 is 62.5 Å². The summed E-state index contributed by atoms with van der Waals surface area (Å²) in [6, 6.07) is 33.2. The van der Waals surface area contributed by atoms with Crippen molar-refractivity contribution in [3.63, 3.8) is 0 Å². The Hall–Kier alpha value is -5.30. The van der Waals surface area contributed by atoms with Crippen LogP contribution in [0.2, 0.25) is 5.02 Å². The molecule has 7 rings (SSSR count). The van der Waals surface area contributed by atoms with E-state index < -0.39 is 72.4 Å². The molecule has 0 bridgehead atoms. The fourth-order valence-electron chi connectivity index (χ4n) is 9.30. The van der Waals surface area contributed by atoms with Gasteiger partial charge in [-0.05, 0) is 52.8 Å². The molecule has 1 unspecified atom stereocenters. The topological polar surface area (TPSA) is 189 Å². The zero-order valence-corrected chi connectivity index (χ0v) is 40.6. The molecule has 4 aromatic rings. The molecule has 4 aromatic carbocycles. The van der Waals surface area contributed by atoms with Gasteiger partial charge in [-0.3, -0.25) is 19.2 Å². The first-order valence-corrected chi connectivity index (χ1v) is 23.8. The summed E-state index contributed by atoms with van der Waals surface area (Å²) in [7, 11) is 0.